The van der Waals surface area contributed by atoms with Crippen molar-refractivity contribution in [1.29, 1.82) is 0 Å². The molecule has 1 aromatic rings. The molecule has 2 heterocycles. The summed E-state index contributed by atoms with van der Waals surface area (Å²) in [5, 5.41) is 11.3. The number of hydrogen-bond donors (Lipinski definition) is 1. The summed E-state index contributed by atoms with van der Waals surface area (Å²) in [7, 11) is 3.41. The quantitative estimate of drug-likeness (QED) is 0.886. The van der Waals surface area contributed by atoms with Gasteiger partial charge in [-0.3, -0.25) is 4.79 Å². The minimum Gasteiger partial charge on any atom is -0.367 e. The molecule has 0 aliphatic carbocycles. The lowest BCUT2D eigenvalue weighted by molar-refractivity contribution is 0.0821. The molecule has 1 saturated heterocycles. The van der Waals surface area contributed by atoms with Gasteiger partial charge >= 0.3 is 0 Å². The summed E-state index contributed by atoms with van der Waals surface area (Å²) < 4.78 is 0. The van der Waals surface area contributed by atoms with E-state index in [1.807, 2.05) is 6.07 Å². The number of anilines is 1. The average molecular weight is 291 g/mol. The third-order valence-electron chi connectivity index (χ3n) is 3.90. The van der Waals surface area contributed by atoms with Crippen molar-refractivity contribution in [2.75, 3.05) is 45.6 Å². The predicted molar refractivity (Wildman–Crippen MR) is 83.4 cm³/mol. The number of piperidine rings is 1. The molecule has 6 nitrogen and oxygen atoms in total. The minimum absolute atomic E-state index is 0.128. The number of nitrogens with zero attached hydrogens (tertiary/aromatic N) is 4. The second kappa shape index (κ2) is 7.36. The Hall–Kier alpha value is -1.69. The van der Waals surface area contributed by atoms with E-state index in [1.54, 1.807) is 20.2 Å². The lowest BCUT2D eigenvalue weighted by atomic mass is 9.99. The monoisotopic (exact) mass is 291 g/mol. The molecule has 116 valence electrons. The number of rotatable bonds is 5. The second-order valence-corrected chi connectivity index (χ2v) is 5.95. The Morgan fingerprint density at radius 3 is 2.62 bits per heavy atom. The fraction of sp³-hybridized carbons (Fsp3) is 0.667. The molecular formula is C15H25N5O. The van der Waals surface area contributed by atoms with Gasteiger partial charge in [-0.1, -0.05) is 6.92 Å². The molecule has 6 heteroatoms. The van der Waals surface area contributed by atoms with Gasteiger partial charge in [-0.2, -0.15) is 0 Å². The summed E-state index contributed by atoms with van der Waals surface area (Å²) >= 11 is 0. The summed E-state index contributed by atoms with van der Waals surface area (Å²) in [4.78, 5) is 15.7. The molecule has 1 aromatic heterocycles. The number of hydrogen-bond acceptors (Lipinski definition) is 5. The SMILES string of the molecule is CC1CCN(CCNc2ccc(C(=O)N(C)C)nn2)CC1. The highest BCUT2D eigenvalue weighted by Gasteiger charge is 2.15. The van der Waals surface area contributed by atoms with Gasteiger partial charge in [0.2, 0.25) is 0 Å². The van der Waals surface area contributed by atoms with Gasteiger partial charge in [0.15, 0.2) is 5.69 Å². The molecule has 0 atom stereocenters. The third-order valence-corrected chi connectivity index (χ3v) is 3.90. The average Bonchev–Trinajstić information content (AvgIpc) is 2.49. The van der Waals surface area contributed by atoms with Crippen LogP contribution in [-0.4, -0.2) is 66.2 Å². The molecule has 0 bridgehead atoms. The van der Waals surface area contributed by atoms with Crippen molar-refractivity contribution in [3.8, 4) is 0 Å². The van der Waals surface area contributed by atoms with E-state index in [0.717, 1.165) is 24.8 Å². The van der Waals surface area contributed by atoms with Crippen molar-refractivity contribution in [3.05, 3.63) is 17.8 Å². The summed E-state index contributed by atoms with van der Waals surface area (Å²) in [5.41, 5.74) is 0.371. The van der Waals surface area contributed by atoms with Crippen molar-refractivity contribution < 1.29 is 4.79 Å². The number of carbonyl (C=O) groups is 1. The van der Waals surface area contributed by atoms with Crippen molar-refractivity contribution >= 4 is 11.7 Å². The molecule has 1 aliphatic heterocycles. The maximum Gasteiger partial charge on any atom is 0.273 e. The van der Waals surface area contributed by atoms with Crippen LogP contribution in [0, 0.1) is 5.92 Å². The molecule has 0 aromatic carbocycles. The molecule has 1 aliphatic rings. The lowest BCUT2D eigenvalue weighted by Gasteiger charge is -2.30. The molecule has 1 fully saturated rings. The fourth-order valence-electron chi connectivity index (χ4n) is 2.40. The van der Waals surface area contributed by atoms with Gasteiger partial charge in [0.1, 0.15) is 5.82 Å². The van der Waals surface area contributed by atoms with E-state index in [-0.39, 0.29) is 5.91 Å². The highest BCUT2D eigenvalue weighted by Crippen LogP contribution is 2.15. The first-order chi connectivity index (χ1) is 10.1. The molecule has 1 N–H and O–H groups in total. The molecule has 0 spiro atoms. The number of aromatic nitrogens is 2. The summed E-state index contributed by atoms with van der Waals surface area (Å²) in [6.07, 6.45) is 2.59. The van der Waals surface area contributed by atoms with Crippen molar-refractivity contribution in [3.63, 3.8) is 0 Å². The molecule has 21 heavy (non-hydrogen) atoms. The van der Waals surface area contributed by atoms with Gasteiger partial charge in [-0.05, 0) is 44.0 Å². The van der Waals surface area contributed by atoms with Crippen LogP contribution in [0.1, 0.15) is 30.3 Å². The summed E-state index contributed by atoms with van der Waals surface area (Å²) in [6.45, 7) is 6.56. The van der Waals surface area contributed by atoms with Gasteiger partial charge in [-0.15, -0.1) is 10.2 Å². The summed E-state index contributed by atoms with van der Waals surface area (Å²) in [6, 6.07) is 3.52. The standard InChI is InChI=1S/C15H25N5O/c1-12-6-9-20(10-7-12)11-8-16-14-5-4-13(17-18-14)15(21)19(2)3/h4-5,12H,6-11H2,1-3H3,(H,16,18). The van der Waals surface area contributed by atoms with Gasteiger partial charge in [0.25, 0.3) is 5.91 Å². The fourth-order valence-corrected chi connectivity index (χ4v) is 2.40. The zero-order valence-corrected chi connectivity index (χ0v) is 13.2. The Morgan fingerprint density at radius 2 is 2.05 bits per heavy atom. The van der Waals surface area contributed by atoms with E-state index in [4.69, 9.17) is 0 Å². The Balaban J connectivity index is 1.75. The Labute approximate surface area is 126 Å². The second-order valence-electron chi connectivity index (χ2n) is 5.95. The van der Waals surface area contributed by atoms with E-state index in [2.05, 4.69) is 27.3 Å². The topological polar surface area (TPSA) is 61.4 Å². The maximum atomic E-state index is 11.7. The van der Waals surface area contributed by atoms with Crippen molar-refractivity contribution in [2.45, 2.75) is 19.8 Å². The number of nitrogens with one attached hydrogen (secondary N) is 1. The number of carbonyl (C=O) groups excluding carboxylic acids is 1. The first kappa shape index (κ1) is 15.7. The Bertz CT molecular complexity index is 452. The van der Waals surface area contributed by atoms with Crippen LogP contribution in [0.2, 0.25) is 0 Å². The van der Waals surface area contributed by atoms with Crippen LogP contribution < -0.4 is 5.32 Å². The zero-order chi connectivity index (χ0) is 15.2. The van der Waals surface area contributed by atoms with Crippen LogP contribution >= 0.6 is 0 Å². The highest BCUT2D eigenvalue weighted by molar-refractivity contribution is 5.91. The molecule has 0 saturated carbocycles. The van der Waals surface area contributed by atoms with E-state index in [9.17, 15) is 4.79 Å². The first-order valence-corrected chi connectivity index (χ1v) is 7.58. The van der Waals surface area contributed by atoms with Crippen molar-refractivity contribution in [1.82, 2.24) is 20.0 Å². The van der Waals surface area contributed by atoms with Crippen LogP contribution in [0.15, 0.2) is 12.1 Å². The van der Waals surface area contributed by atoms with Crippen molar-refractivity contribution in [2.24, 2.45) is 5.92 Å². The van der Waals surface area contributed by atoms with Gasteiger partial charge < -0.3 is 15.1 Å². The van der Waals surface area contributed by atoms with Crippen LogP contribution in [0.4, 0.5) is 5.82 Å². The molecule has 1 amide bonds. The van der Waals surface area contributed by atoms with Gasteiger partial charge in [0.05, 0.1) is 0 Å². The van der Waals surface area contributed by atoms with Crippen LogP contribution in [0.25, 0.3) is 0 Å². The van der Waals surface area contributed by atoms with Crippen LogP contribution in [0.5, 0.6) is 0 Å². The van der Waals surface area contributed by atoms with Gasteiger partial charge in [0, 0.05) is 27.2 Å². The number of amides is 1. The first-order valence-electron chi connectivity index (χ1n) is 7.58. The Kier molecular flexibility index (Phi) is 5.50. The van der Waals surface area contributed by atoms with E-state index < -0.39 is 0 Å². The Morgan fingerprint density at radius 1 is 1.33 bits per heavy atom. The van der Waals surface area contributed by atoms with E-state index in [1.165, 1.54) is 30.8 Å². The van der Waals surface area contributed by atoms with Crippen LogP contribution in [0.3, 0.4) is 0 Å². The highest BCUT2D eigenvalue weighted by atomic mass is 16.2. The van der Waals surface area contributed by atoms with Crippen LogP contribution in [-0.2, 0) is 0 Å². The summed E-state index contributed by atoms with van der Waals surface area (Å²) in [5.74, 6) is 1.45. The minimum atomic E-state index is -0.128. The molecule has 0 radical (unpaired) electrons. The van der Waals surface area contributed by atoms with E-state index >= 15 is 0 Å². The molecular weight excluding hydrogens is 266 g/mol. The zero-order valence-electron chi connectivity index (χ0n) is 13.2. The number of likely N-dealkylation sites (tertiary alicyclic amines) is 1. The molecule has 0 unspecified atom stereocenters. The molecule has 2 rings (SSSR count). The van der Waals surface area contributed by atoms with Gasteiger partial charge in [-0.25, -0.2) is 0 Å². The third kappa shape index (κ3) is 4.67. The predicted octanol–water partition coefficient (Wildman–Crippen LogP) is 1.32. The largest absolute Gasteiger partial charge is 0.367 e. The maximum absolute atomic E-state index is 11.7. The van der Waals surface area contributed by atoms with E-state index in [0.29, 0.717) is 5.69 Å². The normalized spacial score (nSPS) is 16.7. The smallest absolute Gasteiger partial charge is 0.273 e. The lowest BCUT2D eigenvalue weighted by Crippen LogP contribution is -2.36.